The molecule has 24 heavy (non-hydrogen) atoms. The van der Waals surface area contributed by atoms with Crippen molar-refractivity contribution in [1.29, 1.82) is 0 Å². The molecule has 2 rings (SSSR count). The molecule has 1 heterocycles. The van der Waals surface area contributed by atoms with Crippen LogP contribution in [0.25, 0.3) is 0 Å². The van der Waals surface area contributed by atoms with E-state index in [-0.39, 0.29) is 5.91 Å². The minimum absolute atomic E-state index is 0.0252. The van der Waals surface area contributed by atoms with Gasteiger partial charge in [0.1, 0.15) is 5.75 Å². The summed E-state index contributed by atoms with van der Waals surface area (Å²) in [7, 11) is 1.63. The molecular weight excluding hydrogens is 300 g/mol. The summed E-state index contributed by atoms with van der Waals surface area (Å²) in [5.74, 6) is 0.783. The Labute approximate surface area is 144 Å². The van der Waals surface area contributed by atoms with Gasteiger partial charge in [0.15, 0.2) is 0 Å². The monoisotopic (exact) mass is 328 g/mol. The van der Waals surface area contributed by atoms with Gasteiger partial charge >= 0.3 is 0 Å². The highest BCUT2D eigenvalue weighted by Gasteiger charge is 2.12. The highest BCUT2D eigenvalue weighted by molar-refractivity contribution is 5.79. The number of nitrogens with one attached hydrogen (secondary N) is 1. The van der Waals surface area contributed by atoms with Gasteiger partial charge in [-0.05, 0) is 51.8 Å². The largest absolute Gasteiger partial charge is 0.496 e. The number of amides is 1. The summed E-state index contributed by atoms with van der Waals surface area (Å²) in [6.07, 6.45) is 1.19. The second-order valence-corrected chi connectivity index (χ2v) is 6.45. The van der Waals surface area contributed by atoms with E-state index in [1.54, 1.807) is 7.11 Å². The molecule has 0 saturated heterocycles. The lowest BCUT2D eigenvalue weighted by Gasteiger charge is -2.14. The Morgan fingerprint density at radius 2 is 1.92 bits per heavy atom. The molecule has 4 heteroatoms. The zero-order chi connectivity index (χ0) is 17.7. The molecule has 0 saturated carbocycles. The van der Waals surface area contributed by atoms with Crippen molar-refractivity contribution in [3.63, 3.8) is 0 Å². The first-order valence-corrected chi connectivity index (χ1v) is 8.50. The fraction of sp³-hybridized carbons (Fsp3) is 0.450. The van der Waals surface area contributed by atoms with Crippen LogP contribution in [0.3, 0.4) is 0 Å². The van der Waals surface area contributed by atoms with Gasteiger partial charge in [-0.2, -0.15) is 0 Å². The standard InChI is InChI=1S/C20H28N2O2/c1-14(2)22-15(3)12-17(16(22)4)10-11-21-20(23)13-18-8-6-7-9-19(18)24-5/h6-9,12,14H,10-11,13H2,1-5H3,(H,21,23). The number of nitrogens with zero attached hydrogens (tertiary/aromatic N) is 1. The van der Waals surface area contributed by atoms with E-state index in [2.05, 4.69) is 43.6 Å². The number of carbonyl (C=O) groups excluding carboxylic acids is 1. The Morgan fingerprint density at radius 3 is 2.54 bits per heavy atom. The molecule has 0 spiro atoms. The van der Waals surface area contributed by atoms with E-state index in [4.69, 9.17) is 4.74 Å². The minimum atomic E-state index is 0.0252. The first-order chi connectivity index (χ1) is 11.4. The van der Waals surface area contributed by atoms with Crippen molar-refractivity contribution in [3.05, 3.63) is 52.8 Å². The molecule has 0 fully saturated rings. The third kappa shape index (κ3) is 4.19. The van der Waals surface area contributed by atoms with E-state index in [1.165, 1.54) is 17.0 Å². The van der Waals surface area contributed by atoms with Crippen molar-refractivity contribution in [2.75, 3.05) is 13.7 Å². The molecule has 1 aromatic heterocycles. The summed E-state index contributed by atoms with van der Waals surface area (Å²) in [6, 6.07) is 10.3. The molecule has 0 radical (unpaired) electrons. The van der Waals surface area contributed by atoms with E-state index >= 15 is 0 Å². The van der Waals surface area contributed by atoms with Crippen molar-refractivity contribution >= 4 is 5.91 Å². The number of para-hydroxylation sites is 1. The van der Waals surface area contributed by atoms with E-state index in [0.29, 0.717) is 19.0 Å². The number of carbonyl (C=O) groups is 1. The zero-order valence-corrected chi connectivity index (χ0v) is 15.3. The van der Waals surface area contributed by atoms with E-state index < -0.39 is 0 Å². The van der Waals surface area contributed by atoms with Gasteiger partial charge in [-0.3, -0.25) is 4.79 Å². The first-order valence-electron chi connectivity index (χ1n) is 8.50. The fourth-order valence-electron chi connectivity index (χ4n) is 3.31. The summed E-state index contributed by atoms with van der Waals surface area (Å²) in [6.45, 7) is 9.32. The molecule has 4 nitrogen and oxygen atoms in total. The lowest BCUT2D eigenvalue weighted by Crippen LogP contribution is -2.27. The van der Waals surface area contributed by atoms with Crippen LogP contribution in [0.2, 0.25) is 0 Å². The third-order valence-electron chi connectivity index (χ3n) is 4.37. The number of aromatic nitrogens is 1. The highest BCUT2D eigenvalue weighted by atomic mass is 16.5. The maximum Gasteiger partial charge on any atom is 0.224 e. The molecule has 1 aromatic carbocycles. The molecule has 0 bridgehead atoms. The summed E-state index contributed by atoms with van der Waals surface area (Å²) < 4.78 is 7.63. The van der Waals surface area contributed by atoms with Gasteiger partial charge in [0, 0.05) is 29.5 Å². The topological polar surface area (TPSA) is 43.3 Å². The van der Waals surface area contributed by atoms with Crippen molar-refractivity contribution in [3.8, 4) is 5.75 Å². The number of hydrogen-bond acceptors (Lipinski definition) is 2. The number of methoxy groups -OCH3 is 1. The van der Waals surface area contributed by atoms with Crippen LogP contribution in [0.15, 0.2) is 30.3 Å². The Balaban J connectivity index is 1.90. The predicted molar refractivity (Wildman–Crippen MR) is 97.7 cm³/mol. The maximum absolute atomic E-state index is 12.2. The van der Waals surface area contributed by atoms with Crippen LogP contribution in [0.5, 0.6) is 5.75 Å². The van der Waals surface area contributed by atoms with Crippen LogP contribution in [0, 0.1) is 13.8 Å². The summed E-state index contributed by atoms with van der Waals surface area (Å²) in [5.41, 5.74) is 4.79. The van der Waals surface area contributed by atoms with Crippen molar-refractivity contribution in [1.82, 2.24) is 9.88 Å². The quantitative estimate of drug-likeness (QED) is 0.844. The van der Waals surface area contributed by atoms with Gasteiger partial charge in [0.2, 0.25) is 5.91 Å². The molecule has 0 atom stereocenters. The van der Waals surface area contributed by atoms with Crippen LogP contribution >= 0.6 is 0 Å². The Hall–Kier alpha value is -2.23. The van der Waals surface area contributed by atoms with Crippen molar-refractivity contribution < 1.29 is 9.53 Å². The molecule has 0 aliphatic rings. The highest BCUT2D eigenvalue weighted by Crippen LogP contribution is 2.20. The van der Waals surface area contributed by atoms with E-state index in [0.717, 1.165) is 17.7 Å². The predicted octanol–water partition coefficient (Wildman–Crippen LogP) is 3.60. The van der Waals surface area contributed by atoms with Gasteiger partial charge in [-0.25, -0.2) is 0 Å². The van der Waals surface area contributed by atoms with Crippen molar-refractivity contribution in [2.24, 2.45) is 0 Å². The first kappa shape index (κ1) is 18.1. The van der Waals surface area contributed by atoms with Gasteiger partial charge < -0.3 is 14.6 Å². The molecular formula is C20H28N2O2. The molecule has 0 unspecified atom stereocenters. The average Bonchev–Trinajstić information content (AvgIpc) is 2.82. The van der Waals surface area contributed by atoms with Crippen LogP contribution < -0.4 is 10.1 Å². The number of ether oxygens (including phenoxy) is 1. The number of aryl methyl sites for hydroxylation is 1. The van der Waals surface area contributed by atoms with E-state index in [9.17, 15) is 4.79 Å². The molecule has 1 N–H and O–H groups in total. The second kappa shape index (κ2) is 8.04. The Bertz CT molecular complexity index is 702. The molecule has 2 aromatic rings. The number of benzene rings is 1. The Morgan fingerprint density at radius 1 is 1.21 bits per heavy atom. The van der Waals surface area contributed by atoms with Crippen LogP contribution in [0.1, 0.15) is 42.4 Å². The smallest absolute Gasteiger partial charge is 0.224 e. The fourth-order valence-corrected chi connectivity index (χ4v) is 3.31. The normalized spacial score (nSPS) is 10.9. The van der Waals surface area contributed by atoms with Crippen LogP contribution in [-0.4, -0.2) is 24.1 Å². The zero-order valence-electron chi connectivity index (χ0n) is 15.3. The minimum Gasteiger partial charge on any atom is -0.496 e. The molecule has 0 aliphatic heterocycles. The van der Waals surface area contributed by atoms with Gasteiger partial charge in [0.05, 0.1) is 13.5 Å². The lowest BCUT2D eigenvalue weighted by molar-refractivity contribution is -0.120. The van der Waals surface area contributed by atoms with Gasteiger partial charge in [0.25, 0.3) is 0 Å². The van der Waals surface area contributed by atoms with Crippen molar-refractivity contribution in [2.45, 2.75) is 46.6 Å². The van der Waals surface area contributed by atoms with E-state index in [1.807, 2.05) is 24.3 Å². The summed E-state index contributed by atoms with van der Waals surface area (Å²) in [4.78, 5) is 12.2. The SMILES string of the molecule is COc1ccccc1CC(=O)NCCc1cc(C)n(C(C)C)c1C. The summed E-state index contributed by atoms with van der Waals surface area (Å²) >= 11 is 0. The van der Waals surface area contributed by atoms with Crippen LogP contribution in [0.4, 0.5) is 0 Å². The Kier molecular flexibility index (Phi) is 6.07. The maximum atomic E-state index is 12.2. The average molecular weight is 328 g/mol. The number of rotatable bonds is 7. The molecule has 130 valence electrons. The molecule has 0 aliphatic carbocycles. The van der Waals surface area contributed by atoms with Gasteiger partial charge in [-0.15, -0.1) is 0 Å². The van der Waals surface area contributed by atoms with Gasteiger partial charge in [-0.1, -0.05) is 18.2 Å². The molecule has 1 amide bonds. The lowest BCUT2D eigenvalue weighted by atomic mass is 10.1. The number of hydrogen-bond donors (Lipinski definition) is 1. The summed E-state index contributed by atoms with van der Waals surface area (Å²) in [5, 5.41) is 3.01. The second-order valence-electron chi connectivity index (χ2n) is 6.45. The van der Waals surface area contributed by atoms with Crippen LogP contribution in [-0.2, 0) is 17.6 Å². The third-order valence-corrected chi connectivity index (χ3v) is 4.37.